The molecule has 1 aromatic carbocycles. The first-order chi connectivity index (χ1) is 9.06. The smallest absolute Gasteiger partial charge is 0.335 e. The number of carbonyl (C=O) groups is 1. The summed E-state index contributed by atoms with van der Waals surface area (Å²) in [6.45, 7) is 0. The van der Waals surface area contributed by atoms with Gasteiger partial charge in [0.05, 0.1) is 15.6 Å². The SMILES string of the molecule is O=C(O)c1ccc(CSc2ccc(Cl)cn2)c(Br)c1. The third-order valence-corrected chi connectivity index (χ3v) is 4.33. The highest BCUT2D eigenvalue weighted by atomic mass is 79.9. The van der Waals surface area contributed by atoms with E-state index in [2.05, 4.69) is 20.9 Å². The van der Waals surface area contributed by atoms with Crippen molar-refractivity contribution in [2.45, 2.75) is 10.8 Å². The molecule has 0 aliphatic heterocycles. The molecule has 2 aromatic rings. The van der Waals surface area contributed by atoms with Crippen LogP contribution in [0.25, 0.3) is 0 Å². The molecule has 0 aliphatic carbocycles. The minimum Gasteiger partial charge on any atom is -0.478 e. The molecule has 0 radical (unpaired) electrons. The average Bonchev–Trinajstić information content (AvgIpc) is 2.39. The van der Waals surface area contributed by atoms with Gasteiger partial charge in [0.2, 0.25) is 0 Å². The molecule has 0 saturated heterocycles. The molecule has 1 heterocycles. The highest BCUT2D eigenvalue weighted by Crippen LogP contribution is 2.27. The summed E-state index contributed by atoms with van der Waals surface area (Å²) in [5, 5.41) is 10.4. The topological polar surface area (TPSA) is 50.2 Å². The zero-order chi connectivity index (χ0) is 13.8. The molecule has 3 nitrogen and oxygen atoms in total. The lowest BCUT2D eigenvalue weighted by Crippen LogP contribution is -1.96. The summed E-state index contributed by atoms with van der Waals surface area (Å²) in [6.07, 6.45) is 1.60. The highest BCUT2D eigenvalue weighted by Gasteiger charge is 2.07. The summed E-state index contributed by atoms with van der Waals surface area (Å²) in [6, 6.07) is 8.65. The van der Waals surface area contributed by atoms with E-state index in [1.807, 2.05) is 6.07 Å². The maximum Gasteiger partial charge on any atom is 0.335 e. The summed E-state index contributed by atoms with van der Waals surface area (Å²) in [5.74, 6) is -0.228. The Labute approximate surface area is 128 Å². The summed E-state index contributed by atoms with van der Waals surface area (Å²) in [4.78, 5) is 15.0. The van der Waals surface area contributed by atoms with Crippen LogP contribution in [0.5, 0.6) is 0 Å². The fraction of sp³-hybridized carbons (Fsp3) is 0.0769. The van der Waals surface area contributed by atoms with E-state index < -0.39 is 5.97 Å². The number of thioether (sulfide) groups is 1. The molecule has 2 rings (SSSR count). The van der Waals surface area contributed by atoms with Crippen molar-refractivity contribution in [3.63, 3.8) is 0 Å². The molecule has 1 aromatic heterocycles. The van der Waals surface area contributed by atoms with Gasteiger partial charge in [0.15, 0.2) is 0 Å². The molecule has 0 spiro atoms. The number of hydrogen-bond donors (Lipinski definition) is 1. The fourth-order valence-corrected chi connectivity index (χ4v) is 3.06. The van der Waals surface area contributed by atoms with E-state index in [0.717, 1.165) is 15.1 Å². The standard InChI is InChI=1S/C13H9BrClNO2S/c14-11-5-8(13(17)18)1-2-9(11)7-19-12-4-3-10(15)6-16-12/h1-6H,7H2,(H,17,18). The number of carboxylic acid groups (broad SMARTS) is 1. The van der Waals surface area contributed by atoms with Gasteiger partial charge in [-0.15, -0.1) is 11.8 Å². The molecule has 0 bridgehead atoms. The van der Waals surface area contributed by atoms with Crippen LogP contribution in [0.4, 0.5) is 0 Å². The van der Waals surface area contributed by atoms with Crippen molar-refractivity contribution in [1.29, 1.82) is 0 Å². The Morgan fingerprint density at radius 1 is 1.37 bits per heavy atom. The van der Waals surface area contributed by atoms with Crippen LogP contribution in [0.3, 0.4) is 0 Å². The molecule has 0 amide bonds. The van der Waals surface area contributed by atoms with Gasteiger partial charge in [0.1, 0.15) is 0 Å². The van der Waals surface area contributed by atoms with Crippen LogP contribution >= 0.6 is 39.3 Å². The zero-order valence-corrected chi connectivity index (χ0v) is 12.8. The van der Waals surface area contributed by atoms with Crippen molar-refractivity contribution < 1.29 is 9.90 Å². The van der Waals surface area contributed by atoms with Gasteiger partial charge in [-0.25, -0.2) is 9.78 Å². The van der Waals surface area contributed by atoms with E-state index in [1.54, 1.807) is 42.2 Å². The second kappa shape index (κ2) is 6.41. The third-order valence-electron chi connectivity index (χ3n) is 2.38. The lowest BCUT2D eigenvalue weighted by atomic mass is 10.1. The minimum atomic E-state index is -0.931. The van der Waals surface area contributed by atoms with Crippen LogP contribution in [0.1, 0.15) is 15.9 Å². The number of hydrogen-bond acceptors (Lipinski definition) is 3. The number of carboxylic acids is 1. The molecular weight excluding hydrogens is 350 g/mol. The van der Waals surface area contributed by atoms with E-state index >= 15 is 0 Å². The molecule has 19 heavy (non-hydrogen) atoms. The first-order valence-electron chi connectivity index (χ1n) is 5.32. The Hall–Kier alpha value is -1.04. The molecule has 1 N–H and O–H groups in total. The molecular formula is C13H9BrClNO2S. The van der Waals surface area contributed by atoms with Crippen molar-refractivity contribution in [3.8, 4) is 0 Å². The average molecular weight is 359 g/mol. The Balaban J connectivity index is 2.07. The van der Waals surface area contributed by atoms with E-state index in [1.165, 1.54) is 0 Å². The van der Waals surface area contributed by atoms with Gasteiger partial charge in [-0.2, -0.15) is 0 Å². The quantitative estimate of drug-likeness (QED) is 0.818. The van der Waals surface area contributed by atoms with Crippen LogP contribution in [-0.2, 0) is 5.75 Å². The van der Waals surface area contributed by atoms with Gasteiger partial charge in [0, 0.05) is 16.4 Å². The van der Waals surface area contributed by atoms with Gasteiger partial charge in [-0.05, 0) is 29.8 Å². The lowest BCUT2D eigenvalue weighted by Gasteiger charge is -2.05. The van der Waals surface area contributed by atoms with Gasteiger partial charge in [0.25, 0.3) is 0 Å². The van der Waals surface area contributed by atoms with Crippen LogP contribution in [0.2, 0.25) is 5.02 Å². The summed E-state index contributed by atoms with van der Waals surface area (Å²) >= 11 is 10.7. The van der Waals surface area contributed by atoms with Crippen LogP contribution in [0.15, 0.2) is 46.0 Å². The number of halogens is 2. The van der Waals surface area contributed by atoms with Crippen molar-refractivity contribution in [2.75, 3.05) is 0 Å². The zero-order valence-electron chi connectivity index (χ0n) is 9.64. The minimum absolute atomic E-state index is 0.269. The van der Waals surface area contributed by atoms with E-state index in [-0.39, 0.29) is 5.56 Å². The number of pyridine rings is 1. The number of aromatic carboxylic acids is 1. The number of aromatic nitrogens is 1. The molecule has 0 unspecified atom stereocenters. The molecule has 98 valence electrons. The fourth-order valence-electron chi connectivity index (χ4n) is 1.40. The maximum atomic E-state index is 10.8. The molecule has 0 aliphatic rings. The van der Waals surface area contributed by atoms with Crippen LogP contribution < -0.4 is 0 Å². The summed E-state index contributed by atoms with van der Waals surface area (Å²) in [7, 11) is 0. The predicted molar refractivity (Wildman–Crippen MR) is 79.9 cm³/mol. The maximum absolute atomic E-state index is 10.8. The Bertz CT molecular complexity index is 604. The number of rotatable bonds is 4. The Morgan fingerprint density at radius 3 is 2.74 bits per heavy atom. The largest absolute Gasteiger partial charge is 0.478 e. The van der Waals surface area contributed by atoms with Crippen LogP contribution in [-0.4, -0.2) is 16.1 Å². The van der Waals surface area contributed by atoms with Gasteiger partial charge in [-0.1, -0.05) is 33.6 Å². The van der Waals surface area contributed by atoms with Crippen LogP contribution in [0, 0.1) is 0 Å². The highest BCUT2D eigenvalue weighted by molar-refractivity contribution is 9.10. The van der Waals surface area contributed by atoms with E-state index in [0.29, 0.717) is 10.8 Å². The van der Waals surface area contributed by atoms with Gasteiger partial charge in [-0.3, -0.25) is 0 Å². The first kappa shape index (κ1) is 14.4. The predicted octanol–water partition coefficient (Wildman–Crippen LogP) is 4.49. The van der Waals surface area contributed by atoms with Crippen molar-refractivity contribution in [2.24, 2.45) is 0 Å². The van der Waals surface area contributed by atoms with Crippen molar-refractivity contribution >= 4 is 45.3 Å². The van der Waals surface area contributed by atoms with E-state index in [9.17, 15) is 4.79 Å². The Morgan fingerprint density at radius 2 is 2.16 bits per heavy atom. The summed E-state index contributed by atoms with van der Waals surface area (Å²) in [5.41, 5.74) is 1.29. The Kier molecular flexibility index (Phi) is 4.85. The molecule has 6 heteroatoms. The molecule has 0 fully saturated rings. The number of benzene rings is 1. The monoisotopic (exact) mass is 357 g/mol. The van der Waals surface area contributed by atoms with Gasteiger partial charge < -0.3 is 5.11 Å². The second-order valence-corrected chi connectivity index (χ2v) is 6.00. The second-order valence-electron chi connectivity index (χ2n) is 3.71. The first-order valence-corrected chi connectivity index (χ1v) is 7.48. The van der Waals surface area contributed by atoms with Crippen molar-refractivity contribution in [1.82, 2.24) is 4.98 Å². The lowest BCUT2D eigenvalue weighted by molar-refractivity contribution is 0.0697. The molecule has 0 saturated carbocycles. The summed E-state index contributed by atoms with van der Waals surface area (Å²) < 4.78 is 0.786. The third kappa shape index (κ3) is 3.96. The number of nitrogens with zero attached hydrogens (tertiary/aromatic N) is 1. The van der Waals surface area contributed by atoms with E-state index in [4.69, 9.17) is 16.7 Å². The normalized spacial score (nSPS) is 10.4. The molecule has 0 atom stereocenters. The van der Waals surface area contributed by atoms with Gasteiger partial charge >= 0.3 is 5.97 Å². The van der Waals surface area contributed by atoms with Crippen molar-refractivity contribution in [3.05, 3.63) is 57.2 Å².